The number of ether oxygens (including phenoxy) is 1. The number of aromatic nitrogens is 3. The smallest absolute Gasteiger partial charge is 0.221 e. The van der Waals surface area contributed by atoms with Gasteiger partial charge in [0.1, 0.15) is 5.82 Å². The molecular formula is C17H16N4OS. The number of anilines is 2. The molecule has 0 saturated heterocycles. The predicted molar refractivity (Wildman–Crippen MR) is 93.3 cm³/mol. The zero-order valence-corrected chi connectivity index (χ0v) is 13.7. The lowest BCUT2D eigenvalue weighted by atomic mass is 10.1. The largest absolute Gasteiger partial charge is 0.481 e. The van der Waals surface area contributed by atoms with Gasteiger partial charge in [-0.3, -0.25) is 0 Å². The van der Waals surface area contributed by atoms with Crippen LogP contribution in [0.5, 0.6) is 5.88 Å². The van der Waals surface area contributed by atoms with Crippen molar-refractivity contribution in [3.63, 3.8) is 0 Å². The van der Waals surface area contributed by atoms with E-state index in [9.17, 15) is 0 Å². The Labute approximate surface area is 139 Å². The normalized spacial score (nSPS) is 10.3. The van der Waals surface area contributed by atoms with Crippen molar-refractivity contribution in [2.24, 2.45) is 0 Å². The average Bonchev–Trinajstić information content (AvgIpc) is 2.62. The van der Waals surface area contributed by atoms with Crippen LogP contribution in [0.3, 0.4) is 0 Å². The van der Waals surface area contributed by atoms with Gasteiger partial charge in [-0.05, 0) is 24.0 Å². The minimum atomic E-state index is 0.592. The Morgan fingerprint density at radius 1 is 1.09 bits per heavy atom. The number of methoxy groups -OCH3 is 1. The first-order valence-corrected chi connectivity index (χ1v) is 8.26. The second-order valence-electron chi connectivity index (χ2n) is 4.70. The molecule has 0 aliphatic heterocycles. The van der Waals surface area contributed by atoms with E-state index in [1.54, 1.807) is 19.5 Å². The lowest BCUT2D eigenvalue weighted by Crippen LogP contribution is -1.98. The minimum Gasteiger partial charge on any atom is -0.481 e. The Kier molecular flexibility index (Phi) is 4.73. The summed E-state index contributed by atoms with van der Waals surface area (Å²) in [6, 6.07) is 13.8. The van der Waals surface area contributed by atoms with E-state index in [1.165, 1.54) is 11.8 Å². The molecule has 0 aliphatic carbocycles. The van der Waals surface area contributed by atoms with Crippen LogP contribution in [0.4, 0.5) is 11.5 Å². The second-order valence-corrected chi connectivity index (χ2v) is 5.47. The van der Waals surface area contributed by atoms with E-state index in [0.717, 1.165) is 27.8 Å². The van der Waals surface area contributed by atoms with Gasteiger partial charge in [0.2, 0.25) is 5.88 Å². The summed E-state index contributed by atoms with van der Waals surface area (Å²) in [5, 5.41) is 3.98. The molecule has 23 heavy (non-hydrogen) atoms. The topological polar surface area (TPSA) is 59.9 Å². The van der Waals surface area contributed by atoms with Crippen LogP contribution in [-0.2, 0) is 0 Å². The van der Waals surface area contributed by atoms with Gasteiger partial charge in [-0.1, -0.05) is 42.1 Å². The molecule has 3 aromatic rings. The van der Waals surface area contributed by atoms with Crippen LogP contribution < -0.4 is 10.1 Å². The molecule has 0 spiro atoms. The Morgan fingerprint density at radius 2 is 1.91 bits per heavy atom. The van der Waals surface area contributed by atoms with E-state index in [2.05, 4.69) is 20.3 Å². The van der Waals surface area contributed by atoms with Crippen molar-refractivity contribution in [1.82, 2.24) is 15.0 Å². The standard InChI is InChI=1S/C17H16N4OS/c1-22-16-14(12-6-4-3-5-7-12)10-13(11-19-16)20-15-8-9-18-17(21-15)23-2/h3-11H,1-2H3,(H,18,20,21). The molecule has 1 aromatic carbocycles. The molecule has 0 unspecified atom stereocenters. The number of nitrogens with zero attached hydrogens (tertiary/aromatic N) is 3. The lowest BCUT2D eigenvalue weighted by Gasteiger charge is -2.11. The van der Waals surface area contributed by atoms with Crippen molar-refractivity contribution in [2.45, 2.75) is 5.16 Å². The highest BCUT2D eigenvalue weighted by Crippen LogP contribution is 2.31. The quantitative estimate of drug-likeness (QED) is 0.565. The number of benzene rings is 1. The molecule has 1 N–H and O–H groups in total. The van der Waals surface area contributed by atoms with E-state index in [-0.39, 0.29) is 0 Å². The van der Waals surface area contributed by atoms with Crippen LogP contribution in [-0.4, -0.2) is 28.3 Å². The van der Waals surface area contributed by atoms with Crippen molar-refractivity contribution in [2.75, 3.05) is 18.7 Å². The fourth-order valence-electron chi connectivity index (χ4n) is 2.16. The fraction of sp³-hybridized carbons (Fsp3) is 0.118. The molecule has 0 atom stereocenters. The molecule has 3 rings (SSSR count). The van der Waals surface area contributed by atoms with Crippen LogP contribution in [0.15, 0.2) is 60.0 Å². The van der Waals surface area contributed by atoms with E-state index >= 15 is 0 Å². The Bertz CT molecular complexity index is 796. The van der Waals surface area contributed by atoms with Gasteiger partial charge >= 0.3 is 0 Å². The van der Waals surface area contributed by atoms with Crippen LogP contribution >= 0.6 is 11.8 Å². The summed E-state index contributed by atoms with van der Waals surface area (Å²) in [5.41, 5.74) is 2.82. The number of nitrogens with one attached hydrogen (secondary N) is 1. The van der Waals surface area contributed by atoms with Gasteiger partial charge < -0.3 is 10.1 Å². The summed E-state index contributed by atoms with van der Waals surface area (Å²) in [7, 11) is 1.62. The molecular weight excluding hydrogens is 308 g/mol. The molecule has 0 bridgehead atoms. The molecule has 0 aliphatic rings. The van der Waals surface area contributed by atoms with Crippen molar-refractivity contribution < 1.29 is 4.74 Å². The van der Waals surface area contributed by atoms with Gasteiger partial charge in [-0.25, -0.2) is 15.0 Å². The number of pyridine rings is 1. The van der Waals surface area contributed by atoms with Gasteiger partial charge in [0.25, 0.3) is 0 Å². The van der Waals surface area contributed by atoms with Gasteiger partial charge in [-0.2, -0.15) is 0 Å². The summed E-state index contributed by atoms with van der Waals surface area (Å²) in [6.07, 6.45) is 5.41. The zero-order chi connectivity index (χ0) is 16.1. The van der Waals surface area contributed by atoms with Crippen LogP contribution in [0.2, 0.25) is 0 Å². The summed E-state index contributed by atoms with van der Waals surface area (Å²) in [6.45, 7) is 0. The third-order valence-corrected chi connectivity index (χ3v) is 3.78. The maximum atomic E-state index is 5.37. The van der Waals surface area contributed by atoms with Crippen molar-refractivity contribution in [3.8, 4) is 17.0 Å². The highest BCUT2D eigenvalue weighted by Gasteiger charge is 2.09. The van der Waals surface area contributed by atoms with E-state index in [0.29, 0.717) is 5.88 Å². The maximum absolute atomic E-state index is 5.37. The Balaban J connectivity index is 1.94. The van der Waals surface area contributed by atoms with Crippen LogP contribution in [0.1, 0.15) is 0 Å². The van der Waals surface area contributed by atoms with Gasteiger partial charge in [0, 0.05) is 11.8 Å². The molecule has 0 amide bonds. The van der Waals surface area contributed by atoms with Gasteiger partial charge in [0.15, 0.2) is 5.16 Å². The molecule has 0 saturated carbocycles. The average molecular weight is 324 g/mol. The summed E-state index contributed by atoms with van der Waals surface area (Å²) in [5.74, 6) is 1.32. The van der Waals surface area contributed by atoms with Gasteiger partial charge in [0.05, 0.1) is 19.0 Å². The first-order valence-electron chi connectivity index (χ1n) is 7.03. The lowest BCUT2D eigenvalue weighted by molar-refractivity contribution is 0.400. The molecule has 116 valence electrons. The first-order chi connectivity index (χ1) is 11.3. The minimum absolute atomic E-state index is 0.592. The highest BCUT2D eigenvalue weighted by atomic mass is 32.2. The molecule has 0 radical (unpaired) electrons. The third kappa shape index (κ3) is 3.60. The fourth-order valence-corrected chi connectivity index (χ4v) is 2.52. The van der Waals surface area contributed by atoms with Crippen molar-refractivity contribution >= 4 is 23.3 Å². The van der Waals surface area contributed by atoms with Crippen LogP contribution in [0.25, 0.3) is 11.1 Å². The van der Waals surface area contributed by atoms with E-state index in [1.807, 2.05) is 48.7 Å². The summed E-state index contributed by atoms with van der Waals surface area (Å²) < 4.78 is 5.37. The number of hydrogen-bond acceptors (Lipinski definition) is 6. The van der Waals surface area contributed by atoms with Crippen molar-refractivity contribution in [1.29, 1.82) is 0 Å². The summed E-state index contributed by atoms with van der Waals surface area (Å²) >= 11 is 1.50. The summed E-state index contributed by atoms with van der Waals surface area (Å²) in [4.78, 5) is 13.0. The maximum Gasteiger partial charge on any atom is 0.221 e. The zero-order valence-electron chi connectivity index (χ0n) is 12.9. The number of hydrogen-bond donors (Lipinski definition) is 1. The van der Waals surface area contributed by atoms with Crippen LogP contribution in [0, 0.1) is 0 Å². The Hall–Kier alpha value is -2.60. The molecule has 0 fully saturated rings. The molecule has 5 nitrogen and oxygen atoms in total. The highest BCUT2D eigenvalue weighted by molar-refractivity contribution is 7.98. The number of rotatable bonds is 5. The molecule has 6 heteroatoms. The van der Waals surface area contributed by atoms with E-state index in [4.69, 9.17) is 4.74 Å². The molecule has 2 heterocycles. The molecule has 2 aromatic heterocycles. The Morgan fingerprint density at radius 3 is 2.65 bits per heavy atom. The SMILES string of the molecule is COc1ncc(Nc2ccnc(SC)n2)cc1-c1ccccc1. The second kappa shape index (κ2) is 7.11. The third-order valence-electron chi connectivity index (χ3n) is 3.22. The monoisotopic (exact) mass is 324 g/mol. The first kappa shape index (κ1) is 15.3. The van der Waals surface area contributed by atoms with Crippen molar-refractivity contribution in [3.05, 3.63) is 54.9 Å². The van der Waals surface area contributed by atoms with Gasteiger partial charge in [-0.15, -0.1) is 0 Å². The van der Waals surface area contributed by atoms with E-state index < -0.39 is 0 Å². The number of thioether (sulfide) groups is 1. The predicted octanol–water partition coefficient (Wildman–Crippen LogP) is 4.01.